The van der Waals surface area contributed by atoms with Gasteiger partial charge in [-0.05, 0) is 18.2 Å². The Bertz CT molecular complexity index is 752. The fourth-order valence-corrected chi connectivity index (χ4v) is 4.05. The number of thioether (sulfide) groups is 1. The van der Waals surface area contributed by atoms with Crippen molar-refractivity contribution in [3.63, 3.8) is 0 Å². The lowest BCUT2D eigenvalue weighted by molar-refractivity contribution is 0.107. The van der Waals surface area contributed by atoms with Crippen LogP contribution in [0.1, 0.15) is 0 Å². The number of carbonyl (C=O) groups excluding carboxylic acids is 1. The quantitative estimate of drug-likeness (QED) is 0.708. The van der Waals surface area contributed by atoms with Gasteiger partial charge in [0.2, 0.25) is 0 Å². The summed E-state index contributed by atoms with van der Waals surface area (Å²) in [6.07, 6.45) is -0.443. The van der Waals surface area contributed by atoms with E-state index < -0.39 is 28.1 Å². The van der Waals surface area contributed by atoms with Crippen LogP contribution >= 0.6 is 11.8 Å². The third-order valence-electron chi connectivity index (χ3n) is 3.94. The Kier molecular flexibility index (Phi) is 5.40. The first-order valence-electron chi connectivity index (χ1n) is 7.78. The van der Waals surface area contributed by atoms with Gasteiger partial charge < -0.3 is 9.64 Å². The number of benzene rings is 1. The first-order valence-corrected chi connectivity index (χ1v) is 10.8. The zero-order valence-electron chi connectivity index (χ0n) is 13.7. The fourth-order valence-electron chi connectivity index (χ4n) is 2.74. The predicted molar refractivity (Wildman–Crippen MR) is 94.3 cm³/mol. The zero-order valence-corrected chi connectivity index (χ0v) is 15.3. The van der Waals surface area contributed by atoms with E-state index in [1.807, 2.05) is 16.7 Å². The summed E-state index contributed by atoms with van der Waals surface area (Å²) >= 11 is 1.84. The summed E-state index contributed by atoms with van der Waals surface area (Å²) in [5.74, 6) is 1.52. The average Bonchev–Trinajstić information content (AvgIpc) is 2.94. The molecule has 1 atom stereocenters. The smallest absolute Gasteiger partial charge is 0.414 e. The Labute approximate surface area is 150 Å². The van der Waals surface area contributed by atoms with Crippen LogP contribution < -0.4 is 9.80 Å². The molecule has 2 fully saturated rings. The highest BCUT2D eigenvalue weighted by molar-refractivity contribution is 7.99. The van der Waals surface area contributed by atoms with Crippen molar-refractivity contribution in [1.82, 2.24) is 0 Å². The molecule has 10 heteroatoms. The van der Waals surface area contributed by atoms with Crippen molar-refractivity contribution in [1.29, 1.82) is 0 Å². The maximum absolute atomic E-state index is 14.5. The molecule has 1 aromatic carbocycles. The molecule has 138 valence electrons. The minimum absolute atomic E-state index is 0.105. The summed E-state index contributed by atoms with van der Waals surface area (Å²) in [6.45, 7) is 1.43. The third kappa shape index (κ3) is 4.56. The molecule has 0 N–H and O–H groups in total. The average molecular weight is 390 g/mol. The molecule has 1 aromatic rings. The van der Waals surface area contributed by atoms with Crippen molar-refractivity contribution < 1.29 is 26.5 Å². The van der Waals surface area contributed by atoms with Crippen LogP contribution in [0.3, 0.4) is 0 Å². The van der Waals surface area contributed by atoms with Gasteiger partial charge in [-0.1, -0.05) is 0 Å². The van der Waals surface area contributed by atoms with Gasteiger partial charge in [-0.3, -0.25) is 9.08 Å². The molecular formula is C15H19FN2O5S2. The molecular weight excluding hydrogens is 371 g/mol. The number of rotatable bonds is 5. The van der Waals surface area contributed by atoms with E-state index in [2.05, 4.69) is 4.18 Å². The first-order chi connectivity index (χ1) is 11.8. The molecule has 25 heavy (non-hydrogen) atoms. The minimum Gasteiger partial charge on any atom is -0.441 e. The van der Waals surface area contributed by atoms with Crippen LogP contribution in [-0.4, -0.2) is 64.6 Å². The van der Waals surface area contributed by atoms with Gasteiger partial charge in [0.25, 0.3) is 10.1 Å². The van der Waals surface area contributed by atoms with Gasteiger partial charge in [0.15, 0.2) is 0 Å². The van der Waals surface area contributed by atoms with Crippen LogP contribution in [0.4, 0.5) is 20.6 Å². The highest BCUT2D eigenvalue weighted by Crippen LogP contribution is 2.29. The van der Waals surface area contributed by atoms with Gasteiger partial charge in [0.05, 0.1) is 24.2 Å². The molecule has 0 saturated carbocycles. The summed E-state index contributed by atoms with van der Waals surface area (Å²) in [4.78, 5) is 15.2. The molecule has 0 aromatic heterocycles. The molecule has 2 aliphatic rings. The minimum atomic E-state index is -3.61. The summed E-state index contributed by atoms with van der Waals surface area (Å²) in [7, 11) is -3.61. The van der Waals surface area contributed by atoms with E-state index in [1.165, 1.54) is 11.0 Å². The molecule has 1 amide bonds. The van der Waals surface area contributed by atoms with Crippen LogP contribution in [0.2, 0.25) is 0 Å². The molecule has 0 unspecified atom stereocenters. The normalized spacial score (nSPS) is 21.5. The number of halogens is 1. The number of amides is 1. The van der Waals surface area contributed by atoms with Crippen LogP contribution in [0.25, 0.3) is 0 Å². The Morgan fingerprint density at radius 1 is 1.36 bits per heavy atom. The lowest BCUT2D eigenvalue weighted by atomic mass is 10.2. The van der Waals surface area contributed by atoms with Crippen LogP contribution in [0.15, 0.2) is 18.2 Å². The third-order valence-corrected chi connectivity index (χ3v) is 5.44. The van der Waals surface area contributed by atoms with Gasteiger partial charge in [-0.2, -0.15) is 20.2 Å². The molecule has 0 aliphatic carbocycles. The lowest BCUT2D eigenvalue weighted by Gasteiger charge is -2.29. The highest BCUT2D eigenvalue weighted by atomic mass is 32.2. The summed E-state index contributed by atoms with van der Waals surface area (Å²) in [6, 6.07) is 4.63. The number of nitrogens with zero attached hydrogens (tertiary/aromatic N) is 2. The van der Waals surface area contributed by atoms with Crippen molar-refractivity contribution >= 4 is 39.3 Å². The second kappa shape index (κ2) is 7.38. The molecule has 0 bridgehead atoms. The van der Waals surface area contributed by atoms with E-state index in [-0.39, 0.29) is 13.2 Å². The van der Waals surface area contributed by atoms with Crippen molar-refractivity contribution in [3.05, 3.63) is 24.0 Å². The van der Waals surface area contributed by atoms with Crippen LogP contribution in [0, 0.1) is 5.82 Å². The molecule has 0 spiro atoms. The molecule has 3 rings (SSSR count). The van der Waals surface area contributed by atoms with E-state index >= 15 is 0 Å². The standard InChI is InChI=1S/C15H19FN2O5S2/c1-25(20,21)22-10-12-9-18(15(19)23-12)11-2-3-14(13(16)8-11)17-4-6-24-7-5-17/h2-3,8,12H,4-7,9-10H2,1H3/t12-/m1/s1. The Balaban J connectivity index is 1.69. The summed E-state index contributed by atoms with van der Waals surface area (Å²) < 4.78 is 46.3. The molecule has 7 nitrogen and oxygen atoms in total. The van der Waals surface area contributed by atoms with E-state index in [0.29, 0.717) is 11.4 Å². The predicted octanol–water partition coefficient (Wildman–Crippen LogP) is 1.68. The van der Waals surface area contributed by atoms with E-state index in [9.17, 15) is 17.6 Å². The van der Waals surface area contributed by atoms with Crippen molar-refractivity contribution in [3.8, 4) is 0 Å². The number of hydrogen-bond donors (Lipinski definition) is 0. The second-order valence-electron chi connectivity index (χ2n) is 5.84. The summed E-state index contributed by atoms with van der Waals surface area (Å²) in [5.41, 5.74) is 0.896. The van der Waals surface area contributed by atoms with E-state index in [1.54, 1.807) is 12.1 Å². The summed E-state index contributed by atoms with van der Waals surface area (Å²) in [5, 5.41) is 0. The van der Waals surface area contributed by atoms with Gasteiger partial charge in [0, 0.05) is 24.6 Å². The van der Waals surface area contributed by atoms with Gasteiger partial charge in [0.1, 0.15) is 18.5 Å². The molecule has 0 radical (unpaired) electrons. The van der Waals surface area contributed by atoms with Gasteiger partial charge >= 0.3 is 6.09 Å². The fraction of sp³-hybridized carbons (Fsp3) is 0.533. The zero-order chi connectivity index (χ0) is 18.0. The first kappa shape index (κ1) is 18.3. The molecule has 2 heterocycles. The molecule has 2 aliphatic heterocycles. The van der Waals surface area contributed by atoms with E-state index in [0.717, 1.165) is 30.9 Å². The highest BCUT2D eigenvalue weighted by Gasteiger charge is 2.33. The Morgan fingerprint density at radius 2 is 2.08 bits per heavy atom. The number of ether oxygens (including phenoxy) is 1. The van der Waals surface area contributed by atoms with Crippen LogP contribution in [0.5, 0.6) is 0 Å². The topological polar surface area (TPSA) is 76.2 Å². The second-order valence-corrected chi connectivity index (χ2v) is 8.71. The van der Waals surface area contributed by atoms with Crippen LogP contribution in [-0.2, 0) is 19.0 Å². The number of carbonyl (C=O) groups is 1. The number of hydrogen-bond acceptors (Lipinski definition) is 7. The monoisotopic (exact) mass is 390 g/mol. The lowest BCUT2D eigenvalue weighted by Crippen LogP contribution is -2.33. The molecule has 2 saturated heterocycles. The number of anilines is 2. The van der Waals surface area contributed by atoms with Gasteiger partial charge in [-0.15, -0.1) is 0 Å². The maximum Gasteiger partial charge on any atom is 0.414 e. The SMILES string of the molecule is CS(=O)(=O)OC[C@H]1CN(c2ccc(N3CCSCC3)c(F)c2)C(=O)O1. The van der Waals surface area contributed by atoms with E-state index in [4.69, 9.17) is 4.74 Å². The van der Waals surface area contributed by atoms with Gasteiger partial charge in [-0.25, -0.2) is 9.18 Å². The maximum atomic E-state index is 14.5. The number of cyclic esters (lactones) is 1. The largest absolute Gasteiger partial charge is 0.441 e. The Hall–Kier alpha value is -1.52. The van der Waals surface area contributed by atoms with Crippen molar-refractivity contribution in [2.45, 2.75) is 6.10 Å². The van der Waals surface area contributed by atoms with Crippen molar-refractivity contribution in [2.75, 3.05) is 53.8 Å². The Morgan fingerprint density at radius 3 is 2.72 bits per heavy atom. The van der Waals surface area contributed by atoms with Crippen molar-refractivity contribution in [2.24, 2.45) is 0 Å².